The summed E-state index contributed by atoms with van der Waals surface area (Å²) in [4.78, 5) is 14.0. The minimum atomic E-state index is -3.65. The second kappa shape index (κ2) is 5.55. The zero-order chi connectivity index (χ0) is 14.9. The number of hydrogen-bond acceptors (Lipinski definition) is 5. The maximum absolute atomic E-state index is 12.3. The first-order valence-corrected chi connectivity index (χ1v) is 7.82. The van der Waals surface area contributed by atoms with Crippen molar-refractivity contribution >= 4 is 15.9 Å². The first-order chi connectivity index (χ1) is 9.34. The summed E-state index contributed by atoms with van der Waals surface area (Å²) < 4.78 is 30.1. The van der Waals surface area contributed by atoms with E-state index in [1.807, 2.05) is 6.92 Å². The average molecular weight is 301 g/mol. The van der Waals surface area contributed by atoms with E-state index in [1.165, 1.54) is 26.2 Å². The number of carbonyl (C=O) groups is 1. The summed E-state index contributed by atoms with van der Waals surface area (Å²) >= 11 is 0. The number of carbonyl (C=O) groups excluding carboxylic acids is 1. The summed E-state index contributed by atoms with van der Waals surface area (Å²) in [6.07, 6.45) is 0. The predicted molar refractivity (Wildman–Crippen MR) is 72.9 cm³/mol. The summed E-state index contributed by atoms with van der Waals surface area (Å²) in [5.74, 6) is -0.224. The molecule has 20 heavy (non-hydrogen) atoms. The van der Waals surface area contributed by atoms with Crippen molar-refractivity contribution in [3.05, 3.63) is 17.9 Å². The van der Waals surface area contributed by atoms with Crippen LogP contribution in [0.15, 0.2) is 21.6 Å². The number of hydrogen-bond donors (Lipinski definition) is 1. The fourth-order valence-corrected chi connectivity index (χ4v) is 2.83. The number of furan rings is 1. The quantitative estimate of drug-likeness (QED) is 0.847. The number of nitrogens with one attached hydrogen (secondary N) is 1. The zero-order valence-electron chi connectivity index (χ0n) is 11.8. The number of amides is 1. The third-order valence-corrected chi connectivity index (χ3v) is 4.98. The Morgan fingerprint density at radius 3 is 2.75 bits per heavy atom. The molecule has 1 aromatic heterocycles. The largest absolute Gasteiger partial charge is 0.438 e. The molecule has 1 saturated heterocycles. The lowest BCUT2D eigenvalue weighted by Crippen LogP contribution is -2.52. The van der Waals surface area contributed by atoms with Gasteiger partial charge in [-0.25, -0.2) is 12.7 Å². The summed E-state index contributed by atoms with van der Waals surface area (Å²) in [5.41, 5.74) is 0. The van der Waals surface area contributed by atoms with Crippen LogP contribution in [0.1, 0.15) is 17.5 Å². The van der Waals surface area contributed by atoms with Gasteiger partial charge in [-0.3, -0.25) is 4.79 Å². The van der Waals surface area contributed by atoms with Gasteiger partial charge in [0.25, 0.3) is 15.9 Å². The maximum Gasteiger partial charge on any atom is 0.289 e. The number of rotatable bonds is 3. The smallest absolute Gasteiger partial charge is 0.289 e. The Morgan fingerprint density at radius 2 is 2.15 bits per heavy atom. The molecule has 0 spiro atoms. The summed E-state index contributed by atoms with van der Waals surface area (Å²) in [7, 11) is -0.821. The molecule has 1 aromatic rings. The second-order valence-corrected chi connectivity index (χ2v) is 7.04. The number of nitrogens with zero attached hydrogens (tertiary/aromatic N) is 2. The minimum Gasteiger partial charge on any atom is -0.438 e. The summed E-state index contributed by atoms with van der Waals surface area (Å²) in [5, 5.41) is 2.97. The van der Waals surface area contributed by atoms with E-state index >= 15 is 0 Å². The fourth-order valence-electron chi connectivity index (χ4n) is 2.04. The van der Waals surface area contributed by atoms with Gasteiger partial charge in [-0.2, -0.15) is 0 Å². The first-order valence-electron chi connectivity index (χ1n) is 6.38. The van der Waals surface area contributed by atoms with Gasteiger partial charge in [0.15, 0.2) is 5.76 Å². The zero-order valence-corrected chi connectivity index (χ0v) is 12.6. The molecule has 1 amide bonds. The van der Waals surface area contributed by atoms with Gasteiger partial charge in [-0.15, -0.1) is 0 Å². The maximum atomic E-state index is 12.3. The highest BCUT2D eigenvalue weighted by molar-refractivity contribution is 7.88. The molecular weight excluding hydrogens is 282 g/mol. The summed E-state index contributed by atoms with van der Waals surface area (Å²) in [6.45, 7) is 3.95. The van der Waals surface area contributed by atoms with Crippen molar-refractivity contribution in [3.63, 3.8) is 0 Å². The highest BCUT2D eigenvalue weighted by atomic mass is 32.2. The third kappa shape index (κ3) is 2.72. The lowest BCUT2D eigenvalue weighted by molar-refractivity contribution is 0.0617. The SMILES string of the molecule is C[C@@H]1CNCCN1C(=O)c1ccc(S(=O)(=O)N(C)C)o1. The van der Waals surface area contributed by atoms with Gasteiger partial charge >= 0.3 is 0 Å². The van der Waals surface area contributed by atoms with E-state index in [0.29, 0.717) is 6.54 Å². The molecule has 0 aliphatic carbocycles. The van der Waals surface area contributed by atoms with Gasteiger partial charge in [0, 0.05) is 39.8 Å². The lowest BCUT2D eigenvalue weighted by Gasteiger charge is -2.33. The Morgan fingerprint density at radius 1 is 1.45 bits per heavy atom. The van der Waals surface area contributed by atoms with E-state index in [2.05, 4.69) is 5.32 Å². The van der Waals surface area contributed by atoms with Crippen LogP contribution in [-0.2, 0) is 10.0 Å². The van der Waals surface area contributed by atoms with Crippen LogP contribution in [0.4, 0.5) is 0 Å². The molecule has 0 bridgehead atoms. The lowest BCUT2D eigenvalue weighted by atomic mass is 10.2. The average Bonchev–Trinajstić information content (AvgIpc) is 2.88. The van der Waals surface area contributed by atoms with Crippen LogP contribution in [0.2, 0.25) is 0 Å². The molecule has 8 heteroatoms. The summed E-state index contributed by atoms with van der Waals surface area (Å²) in [6, 6.07) is 2.78. The van der Waals surface area contributed by atoms with Gasteiger partial charge in [0.2, 0.25) is 5.09 Å². The number of sulfonamides is 1. The van der Waals surface area contributed by atoms with Crippen LogP contribution in [0.3, 0.4) is 0 Å². The van der Waals surface area contributed by atoms with Gasteiger partial charge < -0.3 is 14.6 Å². The van der Waals surface area contributed by atoms with Crippen molar-refractivity contribution in [1.29, 1.82) is 0 Å². The molecular formula is C12H19N3O4S. The van der Waals surface area contributed by atoms with Crippen LogP contribution in [0.25, 0.3) is 0 Å². The highest BCUT2D eigenvalue weighted by Crippen LogP contribution is 2.19. The van der Waals surface area contributed by atoms with E-state index < -0.39 is 10.0 Å². The van der Waals surface area contributed by atoms with Gasteiger partial charge in [-0.1, -0.05) is 0 Å². The molecule has 1 atom stereocenters. The molecule has 0 radical (unpaired) electrons. The Labute approximate surface area is 118 Å². The van der Waals surface area contributed by atoms with E-state index in [4.69, 9.17) is 4.42 Å². The van der Waals surface area contributed by atoms with Crippen molar-refractivity contribution in [2.24, 2.45) is 0 Å². The molecule has 1 N–H and O–H groups in total. The van der Waals surface area contributed by atoms with Crippen molar-refractivity contribution in [3.8, 4) is 0 Å². The van der Waals surface area contributed by atoms with Crippen LogP contribution < -0.4 is 5.32 Å². The molecule has 7 nitrogen and oxygen atoms in total. The van der Waals surface area contributed by atoms with Crippen molar-refractivity contribution in [2.75, 3.05) is 33.7 Å². The Kier molecular flexibility index (Phi) is 4.17. The predicted octanol–water partition coefficient (Wildman–Crippen LogP) is -0.0362. The monoisotopic (exact) mass is 301 g/mol. The molecule has 0 unspecified atom stereocenters. The van der Waals surface area contributed by atoms with E-state index in [1.54, 1.807) is 4.90 Å². The Balaban J connectivity index is 2.23. The van der Waals surface area contributed by atoms with Crippen LogP contribution in [0.5, 0.6) is 0 Å². The molecule has 1 fully saturated rings. The van der Waals surface area contributed by atoms with Gasteiger partial charge in [0.1, 0.15) is 0 Å². The van der Waals surface area contributed by atoms with E-state index in [9.17, 15) is 13.2 Å². The van der Waals surface area contributed by atoms with Crippen molar-refractivity contribution in [2.45, 2.75) is 18.1 Å². The first kappa shape index (κ1) is 15.0. The topological polar surface area (TPSA) is 82.9 Å². The molecule has 2 rings (SSSR count). The highest BCUT2D eigenvalue weighted by Gasteiger charge is 2.28. The van der Waals surface area contributed by atoms with Gasteiger partial charge in [0.05, 0.1) is 0 Å². The van der Waals surface area contributed by atoms with Crippen LogP contribution in [-0.4, -0.2) is 63.3 Å². The standard InChI is InChI=1S/C12H19N3O4S/c1-9-8-13-6-7-15(9)12(16)10-4-5-11(19-10)20(17,18)14(2)3/h4-5,9,13H,6-8H2,1-3H3/t9-/m1/s1. The van der Waals surface area contributed by atoms with Crippen LogP contribution in [0, 0.1) is 0 Å². The molecule has 2 heterocycles. The molecule has 112 valence electrons. The van der Waals surface area contributed by atoms with E-state index in [-0.39, 0.29) is 22.8 Å². The van der Waals surface area contributed by atoms with Crippen molar-refractivity contribution < 1.29 is 17.6 Å². The Bertz CT molecular complexity index is 594. The minimum absolute atomic E-state index is 0.0512. The van der Waals surface area contributed by atoms with E-state index in [0.717, 1.165) is 17.4 Å². The molecule has 1 aliphatic heterocycles. The Hall–Kier alpha value is -1.38. The van der Waals surface area contributed by atoms with Crippen molar-refractivity contribution in [1.82, 2.24) is 14.5 Å². The molecule has 1 aliphatic rings. The number of piperazine rings is 1. The fraction of sp³-hybridized carbons (Fsp3) is 0.583. The molecule has 0 aromatic carbocycles. The van der Waals surface area contributed by atoms with Gasteiger partial charge in [-0.05, 0) is 19.1 Å². The molecule has 0 saturated carbocycles. The van der Waals surface area contributed by atoms with Crippen LogP contribution >= 0.6 is 0 Å². The third-order valence-electron chi connectivity index (χ3n) is 3.29. The normalized spacial score (nSPS) is 20.4. The second-order valence-electron chi connectivity index (χ2n) is 4.96.